The minimum Gasteiger partial charge on any atom is -0.466 e. The average molecular weight is 341 g/mol. The Labute approximate surface area is 149 Å². The Kier molecular flexibility index (Phi) is 5.89. The monoisotopic (exact) mass is 341 g/mol. The lowest BCUT2D eigenvalue weighted by atomic mass is 10.2. The number of hydrogen-bond acceptors (Lipinski definition) is 4. The van der Waals surface area contributed by atoms with Crippen LogP contribution in [0.5, 0.6) is 0 Å². The Bertz CT molecular complexity index is 688. The van der Waals surface area contributed by atoms with E-state index in [4.69, 9.17) is 4.42 Å². The van der Waals surface area contributed by atoms with Crippen LogP contribution in [0.2, 0.25) is 0 Å². The molecule has 134 valence electrons. The molecule has 1 aromatic heterocycles. The van der Waals surface area contributed by atoms with Gasteiger partial charge in [0.15, 0.2) is 0 Å². The Morgan fingerprint density at radius 1 is 1.08 bits per heavy atom. The zero-order chi connectivity index (χ0) is 17.6. The minimum absolute atomic E-state index is 0.0444. The van der Waals surface area contributed by atoms with Crippen LogP contribution < -0.4 is 5.32 Å². The van der Waals surface area contributed by atoms with Gasteiger partial charge in [0, 0.05) is 45.8 Å². The first-order valence-electron chi connectivity index (χ1n) is 8.95. The molecule has 3 rings (SSSR count). The number of benzene rings is 1. The fourth-order valence-corrected chi connectivity index (χ4v) is 3.29. The highest BCUT2D eigenvalue weighted by atomic mass is 16.3. The molecule has 1 aliphatic rings. The summed E-state index contributed by atoms with van der Waals surface area (Å²) >= 11 is 0. The summed E-state index contributed by atoms with van der Waals surface area (Å²) in [6.45, 7) is 10.5. The van der Waals surface area contributed by atoms with Gasteiger partial charge in [-0.2, -0.15) is 0 Å². The molecule has 1 N–H and O–H groups in total. The Morgan fingerprint density at radius 2 is 1.76 bits per heavy atom. The van der Waals surface area contributed by atoms with E-state index in [1.54, 1.807) is 6.07 Å². The Morgan fingerprint density at radius 3 is 2.40 bits per heavy atom. The van der Waals surface area contributed by atoms with Crippen molar-refractivity contribution in [3.63, 3.8) is 0 Å². The summed E-state index contributed by atoms with van der Waals surface area (Å²) < 4.78 is 5.42. The van der Waals surface area contributed by atoms with Crippen LogP contribution >= 0.6 is 0 Å². The molecule has 1 aromatic carbocycles. The second kappa shape index (κ2) is 8.32. The fraction of sp³-hybridized carbons (Fsp3) is 0.450. The highest BCUT2D eigenvalue weighted by molar-refractivity contribution is 5.95. The SMILES string of the molecule is Cc1cc(C(=O)NCCN2CCN(Cc3ccccc3)CC2)c(C)o1. The molecule has 0 radical (unpaired) electrons. The zero-order valence-electron chi connectivity index (χ0n) is 15.1. The minimum atomic E-state index is -0.0444. The molecule has 5 heteroatoms. The van der Waals surface area contributed by atoms with E-state index in [0.717, 1.165) is 45.0 Å². The fourth-order valence-electron chi connectivity index (χ4n) is 3.29. The van der Waals surface area contributed by atoms with E-state index in [2.05, 4.69) is 45.4 Å². The molecule has 2 heterocycles. The largest absolute Gasteiger partial charge is 0.466 e. The zero-order valence-corrected chi connectivity index (χ0v) is 15.1. The van der Waals surface area contributed by atoms with E-state index in [1.165, 1.54) is 5.56 Å². The number of hydrogen-bond donors (Lipinski definition) is 1. The Balaban J connectivity index is 1.36. The molecule has 1 aliphatic heterocycles. The molecule has 0 atom stereocenters. The average Bonchev–Trinajstić information content (AvgIpc) is 2.96. The maximum Gasteiger partial charge on any atom is 0.254 e. The number of piperazine rings is 1. The standard InChI is InChI=1S/C20H27N3O2/c1-16-14-19(17(2)25-16)20(24)21-8-9-22-10-12-23(13-11-22)15-18-6-4-3-5-7-18/h3-7,14H,8-13,15H2,1-2H3,(H,21,24). The number of furan rings is 1. The van der Waals surface area contributed by atoms with Crippen LogP contribution in [0.4, 0.5) is 0 Å². The first kappa shape index (κ1) is 17.7. The molecule has 0 unspecified atom stereocenters. The van der Waals surface area contributed by atoms with E-state index < -0.39 is 0 Å². The van der Waals surface area contributed by atoms with Gasteiger partial charge in [-0.3, -0.25) is 14.6 Å². The Hall–Kier alpha value is -2.11. The molecule has 5 nitrogen and oxygen atoms in total. The lowest BCUT2D eigenvalue weighted by molar-refractivity contribution is 0.0932. The predicted molar refractivity (Wildman–Crippen MR) is 98.7 cm³/mol. The van der Waals surface area contributed by atoms with Crippen LogP contribution in [0.15, 0.2) is 40.8 Å². The van der Waals surface area contributed by atoms with E-state index in [9.17, 15) is 4.79 Å². The lowest BCUT2D eigenvalue weighted by Crippen LogP contribution is -2.48. The lowest BCUT2D eigenvalue weighted by Gasteiger charge is -2.34. The van der Waals surface area contributed by atoms with Gasteiger partial charge in [-0.25, -0.2) is 0 Å². The summed E-state index contributed by atoms with van der Waals surface area (Å²) in [5.41, 5.74) is 2.01. The van der Waals surface area contributed by atoms with Gasteiger partial charge in [0.05, 0.1) is 5.56 Å². The van der Waals surface area contributed by atoms with Crippen molar-refractivity contribution in [3.8, 4) is 0 Å². The van der Waals surface area contributed by atoms with Gasteiger partial charge in [-0.15, -0.1) is 0 Å². The van der Waals surface area contributed by atoms with Crippen molar-refractivity contribution >= 4 is 5.91 Å². The molecule has 25 heavy (non-hydrogen) atoms. The highest BCUT2D eigenvalue weighted by Crippen LogP contribution is 2.13. The maximum atomic E-state index is 12.2. The number of rotatable bonds is 6. The van der Waals surface area contributed by atoms with Crippen molar-refractivity contribution in [2.24, 2.45) is 0 Å². The van der Waals surface area contributed by atoms with Crippen molar-refractivity contribution in [2.75, 3.05) is 39.3 Å². The summed E-state index contributed by atoms with van der Waals surface area (Å²) in [5.74, 6) is 1.42. The summed E-state index contributed by atoms with van der Waals surface area (Å²) in [6, 6.07) is 12.4. The maximum absolute atomic E-state index is 12.2. The summed E-state index contributed by atoms with van der Waals surface area (Å²) in [4.78, 5) is 17.1. The van der Waals surface area contributed by atoms with Gasteiger partial charge in [0.2, 0.25) is 0 Å². The first-order chi connectivity index (χ1) is 12.1. The van der Waals surface area contributed by atoms with Gasteiger partial charge in [-0.1, -0.05) is 30.3 Å². The number of nitrogens with one attached hydrogen (secondary N) is 1. The van der Waals surface area contributed by atoms with Gasteiger partial charge >= 0.3 is 0 Å². The molecule has 0 bridgehead atoms. The van der Waals surface area contributed by atoms with Crippen molar-refractivity contribution < 1.29 is 9.21 Å². The summed E-state index contributed by atoms with van der Waals surface area (Å²) in [7, 11) is 0. The molecular weight excluding hydrogens is 314 g/mol. The van der Waals surface area contributed by atoms with Crippen molar-refractivity contribution in [1.29, 1.82) is 0 Å². The van der Waals surface area contributed by atoms with Crippen molar-refractivity contribution in [1.82, 2.24) is 15.1 Å². The van der Waals surface area contributed by atoms with Crippen LogP contribution in [0.3, 0.4) is 0 Å². The number of aryl methyl sites for hydroxylation is 2. The normalized spacial score (nSPS) is 16.1. The van der Waals surface area contributed by atoms with Crippen LogP contribution in [0.1, 0.15) is 27.4 Å². The molecule has 0 saturated carbocycles. The smallest absolute Gasteiger partial charge is 0.254 e. The second-order valence-corrected chi connectivity index (χ2v) is 6.69. The number of carbonyl (C=O) groups excluding carboxylic acids is 1. The molecule has 2 aromatic rings. The number of carbonyl (C=O) groups is 1. The number of amides is 1. The highest BCUT2D eigenvalue weighted by Gasteiger charge is 2.17. The molecule has 1 fully saturated rings. The molecule has 0 spiro atoms. The third kappa shape index (κ3) is 4.94. The van der Waals surface area contributed by atoms with Gasteiger partial charge in [0.1, 0.15) is 11.5 Å². The van der Waals surface area contributed by atoms with Crippen LogP contribution in [0.25, 0.3) is 0 Å². The van der Waals surface area contributed by atoms with E-state index in [1.807, 2.05) is 13.8 Å². The van der Waals surface area contributed by atoms with E-state index in [-0.39, 0.29) is 5.91 Å². The third-order valence-corrected chi connectivity index (χ3v) is 4.71. The van der Waals surface area contributed by atoms with Gasteiger partial charge in [-0.05, 0) is 25.5 Å². The predicted octanol–water partition coefficient (Wildman–Crippen LogP) is 2.44. The van der Waals surface area contributed by atoms with Crippen LogP contribution in [0, 0.1) is 13.8 Å². The van der Waals surface area contributed by atoms with Gasteiger partial charge in [0.25, 0.3) is 5.91 Å². The van der Waals surface area contributed by atoms with Crippen LogP contribution in [-0.4, -0.2) is 55.0 Å². The van der Waals surface area contributed by atoms with E-state index in [0.29, 0.717) is 17.9 Å². The third-order valence-electron chi connectivity index (χ3n) is 4.71. The molecular formula is C20H27N3O2. The second-order valence-electron chi connectivity index (χ2n) is 6.69. The quantitative estimate of drug-likeness (QED) is 0.877. The van der Waals surface area contributed by atoms with Crippen molar-refractivity contribution in [2.45, 2.75) is 20.4 Å². The van der Waals surface area contributed by atoms with E-state index >= 15 is 0 Å². The van der Waals surface area contributed by atoms with Crippen molar-refractivity contribution in [3.05, 3.63) is 59.0 Å². The van der Waals surface area contributed by atoms with Gasteiger partial charge < -0.3 is 9.73 Å². The first-order valence-corrected chi connectivity index (χ1v) is 8.95. The summed E-state index contributed by atoms with van der Waals surface area (Å²) in [6.07, 6.45) is 0. The molecule has 1 amide bonds. The van der Waals surface area contributed by atoms with Crippen LogP contribution in [-0.2, 0) is 6.54 Å². The molecule has 0 aliphatic carbocycles. The topological polar surface area (TPSA) is 48.7 Å². The summed E-state index contributed by atoms with van der Waals surface area (Å²) in [5, 5.41) is 3.00. The number of nitrogens with zero attached hydrogens (tertiary/aromatic N) is 2. The molecule has 1 saturated heterocycles.